The molecule has 0 unspecified atom stereocenters. The van der Waals surface area contributed by atoms with Crippen LogP contribution in [-0.4, -0.2) is 68.9 Å². The second kappa shape index (κ2) is 7.92. The van der Waals surface area contributed by atoms with Crippen LogP contribution in [0.2, 0.25) is 0 Å². The molecule has 0 bridgehead atoms. The fraction of sp³-hybridized carbons (Fsp3) is 0.529. The molecule has 1 aliphatic rings. The Morgan fingerprint density at radius 1 is 1.25 bits per heavy atom. The van der Waals surface area contributed by atoms with Crippen molar-refractivity contribution in [2.75, 3.05) is 63.8 Å². The molecule has 0 aliphatic carbocycles. The minimum absolute atomic E-state index is 0.358. The van der Waals surface area contributed by atoms with Crippen molar-refractivity contribution in [1.29, 1.82) is 0 Å². The molecular weight excluding hydrogens is 322 g/mol. The Kier molecular flexibility index (Phi) is 5.65. The van der Waals surface area contributed by atoms with Crippen molar-refractivity contribution in [3.05, 3.63) is 34.7 Å². The number of hydrogen-bond donors (Lipinski definition) is 0. The quantitative estimate of drug-likeness (QED) is 0.797. The summed E-state index contributed by atoms with van der Waals surface area (Å²) in [4.78, 5) is 17.0. The zero-order valence-corrected chi connectivity index (χ0v) is 15.4. The molecule has 0 saturated carbocycles. The molecule has 130 valence electrons. The fourth-order valence-corrected chi connectivity index (χ4v) is 3.73. The van der Waals surface area contributed by atoms with Crippen molar-refractivity contribution in [3.8, 4) is 0 Å². The summed E-state index contributed by atoms with van der Waals surface area (Å²) in [6, 6.07) is 6.68. The number of rotatable bonds is 6. The van der Waals surface area contributed by atoms with Crippen LogP contribution in [0, 0.1) is 0 Å². The first-order valence-electron chi connectivity index (χ1n) is 8.22. The summed E-state index contributed by atoms with van der Waals surface area (Å²) in [6.07, 6.45) is 1.82. The Labute approximate surface area is 147 Å². The maximum absolute atomic E-state index is 5.52. The number of likely N-dealkylation sites (N-methyl/N-ethyl adjacent to an activating group) is 1. The van der Waals surface area contributed by atoms with E-state index in [2.05, 4.69) is 44.3 Å². The van der Waals surface area contributed by atoms with Gasteiger partial charge in [0.1, 0.15) is 5.82 Å². The minimum Gasteiger partial charge on any atom is -0.379 e. The van der Waals surface area contributed by atoms with Gasteiger partial charge < -0.3 is 14.5 Å². The summed E-state index contributed by atoms with van der Waals surface area (Å²) in [6.45, 7) is 4.46. The second-order valence-corrected chi connectivity index (χ2v) is 7.15. The summed E-state index contributed by atoms with van der Waals surface area (Å²) >= 11 is 1.82. The molecular formula is C17H25N5OS. The Bertz CT molecular complexity index is 628. The van der Waals surface area contributed by atoms with Crippen molar-refractivity contribution < 1.29 is 4.74 Å². The van der Waals surface area contributed by atoms with Crippen molar-refractivity contribution in [1.82, 2.24) is 14.9 Å². The van der Waals surface area contributed by atoms with E-state index in [1.807, 2.05) is 42.6 Å². The molecule has 1 atom stereocenters. The zero-order chi connectivity index (χ0) is 16.9. The predicted molar refractivity (Wildman–Crippen MR) is 99.1 cm³/mol. The monoisotopic (exact) mass is 347 g/mol. The molecule has 2 aromatic rings. The van der Waals surface area contributed by atoms with E-state index in [0.717, 1.165) is 44.6 Å². The molecule has 24 heavy (non-hydrogen) atoms. The van der Waals surface area contributed by atoms with Gasteiger partial charge in [0.15, 0.2) is 0 Å². The van der Waals surface area contributed by atoms with E-state index in [-0.39, 0.29) is 0 Å². The van der Waals surface area contributed by atoms with Gasteiger partial charge in [0, 0.05) is 51.9 Å². The van der Waals surface area contributed by atoms with Gasteiger partial charge in [0.2, 0.25) is 5.95 Å². The lowest BCUT2D eigenvalue weighted by Gasteiger charge is -2.36. The first-order valence-corrected chi connectivity index (χ1v) is 9.10. The average Bonchev–Trinajstić information content (AvgIpc) is 3.14. The summed E-state index contributed by atoms with van der Waals surface area (Å²) in [5.41, 5.74) is 0. The Hall–Kier alpha value is -1.70. The Morgan fingerprint density at radius 3 is 2.71 bits per heavy atom. The van der Waals surface area contributed by atoms with Crippen LogP contribution < -0.4 is 9.80 Å². The van der Waals surface area contributed by atoms with Crippen molar-refractivity contribution in [2.24, 2.45) is 0 Å². The van der Waals surface area contributed by atoms with Crippen LogP contribution in [0.3, 0.4) is 0 Å². The van der Waals surface area contributed by atoms with Gasteiger partial charge in [-0.2, -0.15) is 4.98 Å². The SMILES string of the molecule is CN(C)c1nccc(N(C)C[C@@H](c2cccs2)N2CCOCC2)n1. The third-order valence-electron chi connectivity index (χ3n) is 4.22. The fourth-order valence-electron chi connectivity index (χ4n) is 2.88. The lowest BCUT2D eigenvalue weighted by Crippen LogP contribution is -2.43. The Balaban J connectivity index is 1.77. The van der Waals surface area contributed by atoms with E-state index in [4.69, 9.17) is 4.74 Å². The van der Waals surface area contributed by atoms with Gasteiger partial charge in [-0.15, -0.1) is 11.3 Å². The maximum Gasteiger partial charge on any atom is 0.226 e. The van der Waals surface area contributed by atoms with Gasteiger partial charge in [-0.25, -0.2) is 4.98 Å². The molecule has 0 N–H and O–H groups in total. The van der Waals surface area contributed by atoms with Crippen LogP contribution in [0.4, 0.5) is 11.8 Å². The van der Waals surface area contributed by atoms with E-state index in [1.54, 1.807) is 0 Å². The van der Waals surface area contributed by atoms with Gasteiger partial charge in [0.05, 0.1) is 19.3 Å². The maximum atomic E-state index is 5.52. The van der Waals surface area contributed by atoms with Crippen LogP contribution >= 0.6 is 11.3 Å². The summed E-state index contributed by atoms with van der Waals surface area (Å²) in [7, 11) is 6.02. The van der Waals surface area contributed by atoms with Crippen molar-refractivity contribution in [3.63, 3.8) is 0 Å². The zero-order valence-electron chi connectivity index (χ0n) is 14.6. The van der Waals surface area contributed by atoms with E-state index in [0.29, 0.717) is 6.04 Å². The highest BCUT2D eigenvalue weighted by Gasteiger charge is 2.25. The molecule has 0 aromatic carbocycles. The van der Waals surface area contributed by atoms with Crippen LogP contribution in [0.1, 0.15) is 10.9 Å². The van der Waals surface area contributed by atoms with E-state index in [9.17, 15) is 0 Å². The lowest BCUT2D eigenvalue weighted by atomic mass is 10.1. The van der Waals surface area contributed by atoms with E-state index >= 15 is 0 Å². The standard InChI is InChI=1S/C17H25N5OS/c1-20(2)17-18-7-6-16(19-17)21(3)13-14(15-5-4-12-24-15)22-8-10-23-11-9-22/h4-7,12,14H,8-11,13H2,1-3H3/t14-/m0/s1. The molecule has 2 aromatic heterocycles. The van der Waals surface area contributed by atoms with Gasteiger partial charge in [-0.1, -0.05) is 6.07 Å². The van der Waals surface area contributed by atoms with Crippen molar-refractivity contribution >= 4 is 23.1 Å². The van der Waals surface area contributed by atoms with Gasteiger partial charge >= 0.3 is 0 Å². The number of anilines is 2. The molecule has 7 heteroatoms. The largest absolute Gasteiger partial charge is 0.379 e. The molecule has 1 aliphatic heterocycles. The predicted octanol–water partition coefficient (Wildman–Crippen LogP) is 2.11. The van der Waals surface area contributed by atoms with Crippen LogP contribution in [-0.2, 0) is 4.74 Å². The highest BCUT2D eigenvalue weighted by Crippen LogP contribution is 2.28. The van der Waals surface area contributed by atoms with Gasteiger partial charge in [-0.05, 0) is 17.5 Å². The smallest absolute Gasteiger partial charge is 0.226 e. The number of hydrogen-bond acceptors (Lipinski definition) is 7. The highest BCUT2D eigenvalue weighted by molar-refractivity contribution is 7.10. The van der Waals surface area contributed by atoms with Crippen LogP contribution in [0.25, 0.3) is 0 Å². The number of morpholine rings is 1. The summed E-state index contributed by atoms with van der Waals surface area (Å²) < 4.78 is 5.52. The minimum atomic E-state index is 0.358. The number of nitrogens with zero attached hydrogens (tertiary/aromatic N) is 5. The molecule has 3 heterocycles. The molecule has 1 saturated heterocycles. The first-order chi connectivity index (χ1) is 11.6. The molecule has 1 fully saturated rings. The summed E-state index contributed by atoms with van der Waals surface area (Å²) in [5, 5.41) is 2.15. The van der Waals surface area contributed by atoms with Crippen molar-refractivity contribution in [2.45, 2.75) is 6.04 Å². The van der Waals surface area contributed by atoms with Gasteiger partial charge in [0.25, 0.3) is 0 Å². The normalized spacial score (nSPS) is 16.8. The third-order valence-corrected chi connectivity index (χ3v) is 5.20. The number of thiophene rings is 1. The number of aromatic nitrogens is 2. The first kappa shape index (κ1) is 17.1. The molecule has 0 spiro atoms. The summed E-state index contributed by atoms with van der Waals surface area (Å²) in [5.74, 6) is 1.68. The van der Waals surface area contributed by atoms with E-state index < -0.39 is 0 Å². The third kappa shape index (κ3) is 4.03. The van der Waals surface area contributed by atoms with Crippen LogP contribution in [0.5, 0.6) is 0 Å². The van der Waals surface area contributed by atoms with Crippen LogP contribution in [0.15, 0.2) is 29.8 Å². The topological polar surface area (TPSA) is 44.7 Å². The molecule has 0 amide bonds. The Morgan fingerprint density at radius 2 is 2.04 bits per heavy atom. The number of ether oxygens (including phenoxy) is 1. The van der Waals surface area contributed by atoms with Gasteiger partial charge in [-0.3, -0.25) is 4.90 Å². The second-order valence-electron chi connectivity index (χ2n) is 6.17. The molecule has 3 rings (SSSR count). The highest BCUT2D eigenvalue weighted by atomic mass is 32.1. The lowest BCUT2D eigenvalue weighted by molar-refractivity contribution is 0.0183. The average molecular weight is 347 g/mol. The molecule has 6 nitrogen and oxygen atoms in total. The molecule has 0 radical (unpaired) electrons. The van der Waals surface area contributed by atoms with E-state index in [1.165, 1.54) is 4.88 Å².